The van der Waals surface area contributed by atoms with Gasteiger partial charge in [0.1, 0.15) is 5.75 Å². The molecule has 0 fully saturated rings. The molecule has 0 atom stereocenters. The van der Waals surface area contributed by atoms with Crippen LogP contribution < -0.4 is 15.9 Å². The topological polar surface area (TPSA) is 72.0 Å². The zero-order valence-electron chi connectivity index (χ0n) is 14.2. The van der Waals surface area contributed by atoms with Crippen molar-refractivity contribution in [1.29, 1.82) is 0 Å². The molecule has 0 aliphatic heterocycles. The molecule has 2 aromatic carbocycles. The van der Waals surface area contributed by atoms with Crippen LogP contribution >= 0.6 is 11.6 Å². The molecule has 0 aromatic heterocycles. The summed E-state index contributed by atoms with van der Waals surface area (Å²) in [6.07, 6.45) is 3.85. The predicted molar refractivity (Wildman–Crippen MR) is 106 cm³/mol. The molecular formula is C19H21ClN4O. The van der Waals surface area contributed by atoms with Gasteiger partial charge in [0.05, 0.1) is 18.0 Å². The number of allylic oxidation sites excluding steroid dienone is 1. The van der Waals surface area contributed by atoms with E-state index >= 15 is 0 Å². The summed E-state index contributed by atoms with van der Waals surface area (Å²) in [6, 6.07) is 14.9. The molecular weight excluding hydrogens is 336 g/mol. The first kappa shape index (κ1) is 18.5. The predicted octanol–water partition coefficient (Wildman–Crippen LogP) is 4.36. The van der Waals surface area contributed by atoms with E-state index in [0.29, 0.717) is 17.3 Å². The van der Waals surface area contributed by atoms with Gasteiger partial charge in [0.25, 0.3) is 0 Å². The molecule has 2 aromatic rings. The Bertz CT molecular complexity index is 765. The lowest BCUT2D eigenvalue weighted by Gasteiger charge is -2.02. The highest BCUT2D eigenvalue weighted by atomic mass is 35.5. The second-order valence-corrected chi connectivity index (χ2v) is 5.61. The van der Waals surface area contributed by atoms with Crippen molar-refractivity contribution in [2.24, 2.45) is 15.8 Å². The number of nitrogens with zero attached hydrogens (tertiary/aromatic N) is 2. The first-order chi connectivity index (χ1) is 12.1. The van der Waals surface area contributed by atoms with E-state index in [1.807, 2.05) is 50.3 Å². The Hall–Kier alpha value is -2.79. The van der Waals surface area contributed by atoms with E-state index in [4.69, 9.17) is 22.1 Å². The van der Waals surface area contributed by atoms with Gasteiger partial charge >= 0.3 is 0 Å². The minimum atomic E-state index is 0.205. The van der Waals surface area contributed by atoms with E-state index in [0.717, 1.165) is 17.0 Å². The van der Waals surface area contributed by atoms with Crippen LogP contribution in [0, 0.1) is 0 Å². The van der Waals surface area contributed by atoms with Gasteiger partial charge in [-0.3, -0.25) is 0 Å². The molecule has 2 rings (SSSR count). The number of nitrogens with one attached hydrogen (secondary N) is 1. The molecule has 0 saturated heterocycles. The molecule has 0 aliphatic rings. The fourth-order valence-electron chi connectivity index (χ4n) is 1.92. The third kappa shape index (κ3) is 6.69. The number of hydrogen-bond acceptors (Lipinski definition) is 3. The number of guanidine groups is 1. The first-order valence-corrected chi connectivity index (χ1v) is 8.25. The Labute approximate surface area is 152 Å². The van der Waals surface area contributed by atoms with Crippen LogP contribution in [0.5, 0.6) is 5.75 Å². The molecule has 0 aliphatic carbocycles. The van der Waals surface area contributed by atoms with Crippen molar-refractivity contribution in [3.8, 4) is 5.75 Å². The minimum absolute atomic E-state index is 0.205. The van der Waals surface area contributed by atoms with Crippen LogP contribution in [0.25, 0.3) is 6.08 Å². The highest BCUT2D eigenvalue weighted by molar-refractivity contribution is 6.30. The summed E-state index contributed by atoms with van der Waals surface area (Å²) in [6.45, 7) is 4.49. The maximum absolute atomic E-state index is 5.83. The molecule has 25 heavy (non-hydrogen) atoms. The molecule has 0 bridgehead atoms. The van der Waals surface area contributed by atoms with Crippen LogP contribution in [0.1, 0.15) is 19.4 Å². The number of halogens is 1. The van der Waals surface area contributed by atoms with Gasteiger partial charge in [-0.25, -0.2) is 10.4 Å². The number of hydrogen-bond donors (Lipinski definition) is 2. The summed E-state index contributed by atoms with van der Waals surface area (Å²) >= 11 is 5.83. The molecule has 130 valence electrons. The Morgan fingerprint density at radius 1 is 1.16 bits per heavy atom. The number of hydrazone groups is 1. The zero-order chi connectivity index (χ0) is 18.1. The van der Waals surface area contributed by atoms with E-state index in [-0.39, 0.29) is 5.96 Å². The molecule has 0 heterocycles. The largest absolute Gasteiger partial charge is 0.494 e. The van der Waals surface area contributed by atoms with Crippen molar-refractivity contribution >= 4 is 35.0 Å². The number of benzene rings is 2. The summed E-state index contributed by atoms with van der Waals surface area (Å²) in [5, 5.41) is 4.82. The Kier molecular flexibility index (Phi) is 7.04. The maximum atomic E-state index is 5.83. The average molecular weight is 357 g/mol. The molecule has 0 unspecified atom stereocenters. The number of ether oxygens (including phenoxy) is 1. The van der Waals surface area contributed by atoms with Crippen molar-refractivity contribution in [3.63, 3.8) is 0 Å². The van der Waals surface area contributed by atoms with Crippen molar-refractivity contribution in [2.75, 3.05) is 6.61 Å². The molecule has 0 saturated carbocycles. The Morgan fingerprint density at radius 2 is 1.84 bits per heavy atom. The minimum Gasteiger partial charge on any atom is -0.494 e. The molecule has 3 N–H and O–H groups in total. The molecule has 5 nitrogen and oxygen atoms in total. The third-order valence-electron chi connectivity index (χ3n) is 3.13. The summed E-state index contributed by atoms with van der Waals surface area (Å²) in [7, 11) is 0. The monoisotopic (exact) mass is 356 g/mol. The van der Waals surface area contributed by atoms with Crippen LogP contribution in [0.2, 0.25) is 5.02 Å². The number of aliphatic imine (C=N–C) groups is 1. The molecule has 0 amide bonds. The number of rotatable bonds is 6. The lowest BCUT2D eigenvalue weighted by Crippen LogP contribution is -2.27. The number of nitrogens with two attached hydrogens (primary N) is 1. The maximum Gasteiger partial charge on any atom is 0.214 e. The Morgan fingerprint density at radius 3 is 2.48 bits per heavy atom. The smallest absolute Gasteiger partial charge is 0.214 e. The van der Waals surface area contributed by atoms with Crippen molar-refractivity contribution in [2.45, 2.75) is 13.8 Å². The van der Waals surface area contributed by atoms with E-state index in [9.17, 15) is 0 Å². The standard InChI is InChI=1S/C19H21ClN4O/c1-3-25-18-12-6-15(7-13-18)5-4-14(2)23-24-19(21)22-17-10-8-16(20)9-11-17/h4-13H,3H2,1-2H3,(H3,21,22,24). The molecule has 6 heteroatoms. The quantitative estimate of drug-likeness (QED) is 0.458. The van der Waals surface area contributed by atoms with Crippen LogP contribution in [-0.4, -0.2) is 18.3 Å². The Balaban J connectivity index is 1.92. The van der Waals surface area contributed by atoms with Gasteiger partial charge in [0, 0.05) is 5.02 Å². The molecule has 0 radical (unpaired) electrons. The van der Waals surface area contributed by atoms with Gasteiger partial charge < -0.3 is 10.5 Å². The van der Waals surface area contributed by atoms with Crippen LogP contribution in [0.15, 0.2) is 64.7 Å². The summed E-state index contributed by atoms with van der Waals surface area (Å²) in [5.74, 6) is 1.06. The van der Waals surface area contributed by atoms with Gasteiger partial charge in [-0.05, 0) is 61.9 Å². The lowest BCUT2D eigenvalue weighted by molar-refractivity contribution is 0.340. The van der Waals surface area contributed by atoms with Crippen LogP contribution in [-0.2, 0) is 0 Å². The summed E-state index contributed by atoms with van der Waals surface area (Å²) in [5.41, 5.74) is 11.0. The first-order valence-electron chi connectivity index (χ1n) is 7.88. The second kappa shape index (κ2) is 9.49. The van der Waals surface area contributed by atoms with Gasteiger partial charge in [-0.2, -0.15) is 5.10 Å². The highest BCUT2D eigenvalue weighted by Crippen LogP contribution is 2.15. The van der Waals surface area contributed by atoms with Gasteiger partial charge in [-0.1, -0.05) is 29.8 Å². The fourth-order valence-corrected chi connectivity index (χ4v) is 2.05. The van der Waals surface area contributed by atoms with Crippen LogP contribution in [0.4, 0.5) is 5.69 Å². The summed E-state index contributed by atoms with van der Waals surface area (Å²) < 4.78 is 5.41. The normalized spacial score (nSPS) is 12.4. The van der Waals surface area contributed by atoms with Gasteiger partial charge in [0.2, 0.25) is 5.96 Å². The van der Waals surface area contributed by atoms with Gasteiger partial charge in [0.15, 0.2) is 0 Å². The second-order valence-electron chi connectivity index (χ2n) is 5.17. The highest BCUT2D eigenvalue weighted by Gasteiger charge is 1.94. The SMILES string of the molecule is CCOc1ccc(C=CC(C)=NNC(N)=Nc2ccc(Cl)cc2)cc1. The third-order valence-corrected chi connectivity index (χ3v) is 3.38. The van der Waals surface area contributed by atoms with Gasteiger partial charge in [-0.15, -0.1) is 0 Å². The van der Waals surface area contributed by atoms with Crippen molar-refractivity contribution in [1.82, 2.24) is 5.43 Å². The van der Waals surface area contributed by atoms with Crippen molar-refractivity contribution < 1.29 is 4.74 Å². The average Bonchev–Trinajstić information content (AvgIpc) is 2.61. The van der Waals surface area contributed by atoms with Crippen molar-refractivity contribution in [3.05, 3.63) is 65.2 Å². The lowest BCUT2D eigenvalue weighted by atomic mass is 10.2. The van der Waals surface area contributed by atoms with E-state index in [1.54, 1.807) is 24.3 Å². The summed E-state index contributed by atoms with van der Waals surface area (Å²) in [4.78, 5) is 4.20. The molecule has 0 spiro atoms. The van der Waals surface area contributed by atoms with Crippen LogP contribution in [0.3, 0.4) is 0 Å². The zero-order valence-corrected chi connectivity index (χ0v) is 15.0. The van der Waals surface area contributed by atoms with E-state index in [2.05, 4.69) is 15.5 Å². The fraction of sp³-hybridized carbons (Fsp3) is 0.158. The van der Waals surface area contributed by atoms with E-state index < -0.39 is 0 Å². The van der Waals surface area contributed by atoms with E-state index in [1.165, 1.54) is 0 Å².